The second kappa shape index (κ2) is 10.4. The van der Waals surface area contributed by atoms with Gasteiger partial charge in [-0.3, -0.25) is 4.79 Å². The molecule has 1 fully saturated rings. The van der Waals surface area contributed by atoms with Crippen molar-refractivity contribution in [3.05, 3.63) is 60.4 Å². The Morgan fingerprint density at radius 1 is 1.26 bits per heavy atom. The number of halogens is 1. The number of fused-ring (bicyclic) bond motifs is 1. The van der Waals surface area contributed by atoms with Gasteiger partial charge in [-0.15, -0.1) is 0 Å². The Bertz CT molecular complexity index is 1180. The van der Waals surface area contributed by atoms with Crippen LogP contribution >= 0.6 is 0 Å². The van der Waals surface area contributed by atoms with E-state index < -0.39 is 5.91 Å². The summed E-state index contributed by atoms with van der Waals surface area (Å²) in [5, 5.41) is 9.63. The highest BCUT2D eigenvalue weighted by Crippen LogP contribution is 2.34. The lowest BCUT2D eigenvalue weighted by Gasteiger charge is -2.31. The molecule has 7 heteroatoms. The summed E-state index contributed by atoms with van der Waals surface area (Å²) in [6, 6.07) is 12.9. The van der Waals surface area contributed by atoms with Crippen LogP contribution in [0.1, 0.15) is 32.1 Å². The number of benzene rings is 2. The summed E-state index contributed by atoms with van der Waals surface area (Å²) in [7, 11) is 4.13. The minimum atomic E-state index is -0.412. The van der Waals surface area contributed by atoms with Gasteiger partial charge in [0.1, 0.15) is 11.6 Å². The molecule has 1 aromatic heterocycles. The molecule has 4 rings (SSSR count). The lowest BCUT2D eigenvalue weighted by atomic mass is 9.81. The van der Waals surface area contributed by atoms with E-state index in [0.29, 0.717) is 11.1 Å². The molecule has 0 aliphatic heterocycles. The Labute approximate surface area is 200 Å². The number of hydrogen-bond acceptors (Lipinski definition) is 4. The quantitative estimate of drug-likeness (QED) is 0.447. The van der Waals surface area contributed by atoms with Crippen LogP contribution in [0.3, 0.4) is 0 Å². The van der Waals surface area contributed by atoms with Gasteiger partial charge < -0.3 is 16.0 Å². The zero-order valence-electron chi connectivity index (χ0n) is 20.1. The molecule has 1 heterocycles. The Hall–Kier alpha value is -3.19. The molecule has 3 aromatic rings. The Morgan fingerprint density at radius 2 is 2.06 bits per heavy atom. The second-order valence-corrected chi connectivity index (χ2v) is 9.53. The van der Waals surface area contributed by atoms with Gasteiger partial charge in [0.2, 0.25) is 5.91 Å². The van der Waals surface area contributed by atoms with E-state index in [1.807, 2.05) is 28.9 Å². The first-order valence-electron chi connectivity index (χ1n) is 12.0. The standard InChI is InChI=1S/C27H34FN5O/c1-18(26(29)34)19-8-6-9-21(16-19)30-27-23-13-12-20(22-10-4-5-11-24(22)28)17-25(23)31-33(27)15-7-14-32(2)3/h4-5,10-13,17,19,21,30H,1,6-9,14-16H2,2-3H3,(H2,29,34). The average molecular weight is 464 g/mol. The molecular weight excluding hydrogens is 429 g/mol. The van der Waals surface area contributed by atoms with Crippen molar-refractivity contribution in [1.82, 2.24) is 14.7 Å². The molecule has 1 amide bonds. The number of nitrogens with one attached hydrogen (secondary N) is 1. The SMILES string of the molecule is C=C(C(N)=O)C1CCCC(Nc2c3ccc(-c4ccccc4F)cc3nn2CCCN(C)C)C1. The Balaban J connectivity index is 1.64. The van der Waals surface area contributed by atoms with Gasteiger partial charge in [-0.05, 0) is 76.0 Å². The fourth-order valence-corrected chi connectivity index (χ4v) is 4.88. The van der Waals surface area contributed by atoms with E-state index in [1.165, 1.54) is 6.07 Å². The lowest BCUT2D eigenvalue weighted by molar-refractivity contribution is -0.115. The molecule has 0 spiro atoms. The van der Waals surface area contributed by atoms with E-state index in [-0.39, 0.29) is 17.8 Å². The summed E-state index contributed by atoms with van der Waals surface area (Å²) in [6.07, 6.45) is 4.74. The highest BCUT2D eigenvalue weighted by atomic mass is 19.1. The maximum Gasteiger partial charge on any atom is 0.244 e. The number of nitrogens with zero attached hydrogens (tertiary/aromatic N) is 3. The summed E-state index contributed by atoms with van der Waals surface area (Å²) in [6.45, 7) is 5.65. The van der Waals surface area contributed by atoms with Crippen molar-refractivity contribution >= 4 is 22.6 Å². The summed E-state index contributed by atoms with van der Waals surface area (Å²) in [5.74, 6) is 0.427. The first kappa shape index (κ1) is 24.0. The smallest absolute Gasteiger partial charge is 0.244 e. The van der Waals surface area contributed by atoms with Gasteiger partial charge >= 0.3 is 0 Å². The molecule has 0 radical (unpaired) electrons. The highest BCUT2D eigenvalue weighted by molar-refractivity contribution is 5.93. The number of anilines is 1. The van der Waals surface area contributed by atoms with Crippen molar-refractivity contribution in [2.24, 2.45) is 11.7 Å². The van der Waals surface area contributed by atoms with Crippen LogP contribution in [0, 0.1) is 11.7 Å². The topological polar surface area (TPSA) is 76.2 Å². The van der Waals surface area contributed by atoms with Crippen LogP contribution in [0.4, 0.5) is 10.2 Å². The van der Waals surface area contributed by atoms with Crippen LogP contribution in [0.2, 0.25) is 0 Å². The normalized spacial score (nSPS) is 18.4. The number of rotatable bonds is 9. The molecule has 0 bridgehead atoms. The van der Waals surface area contributed by atoms with Gasteiger partial charge in [-0.1, -0.05) is 37.3 Å². The van der Waals surface area contributed by atoms with E-state index in [1.54, 1.807) is 12.1 Å². The molecule has 2 atom stereocenters. The molecule has 2 unspecified atom stereocenters. The van der Waals surface area contributed by atoms with Crippen molar-refractivity contribution in [3.63, 3.8) is 0 Å². The summed E-state index contributed by atoms with van der Waals surface area (Å²) in [5.41, 5.74) is 8.23. The molecule has 1 aliphatic rings. The first-order chi connectivity index (χ1) is 16.3. The monoisotopic (exact) mass is 463 g/mol. The Kier molecular flexibility index (Phi) is 7.32. The molecular formula is C27H34FN5O. The summed E-state index contributed by atoms with van der Waals surface area (Å²) in [4.78, 5) is 13.8. The summed E-state index contributed by atoms with van der Waals surface area (Å²) < 4.78 is 16.4. The van der Waals surface area contributed by atoms with E-state index in [0.717, 1.165) is 67.5 Å². The number of aryl methyl sites for hydroxylation is 1. The fourth-order valence-electron chi connectivity index (χ4n) is 4.88. The molecule has 6 nitrogen and oxygen atoms in total. The number of carbonyl (C=O) groups is 1. The van der Waals surface area contributed by atoms with E-state index in [2.05, 4.69) is 30.9 Å². The van der Waals surface area contributed by atoms with Gasteiger partial charge in [0.05, 0.1) is 5.52 Å². The third-order valence-electron chi connectivity index (χ3n) is 6.72. The minimum Gasteiger partial charge on any atom is -0.367 e. The van der Waals surface area contributed by atoms with Gasteiger partial charge in [0.25, 0.3) is 0 Å². The van der Waals surface area contributed by atoms with Gasteiger partial charge in [0.15, 0.2) is 0 Å². The van der Waals surface area contributed by atoms with E-state index in [4.69, 9.17) is 10.8 Å². The van der Waals surface area contributed by atoms with Gasteiger partial charge in [-0.2, -0.15) is 5.10 Å². The fraction of sp³-hybridized carbons (Fsp3) is 0.407. The van der Waals surface area contributed by atoms with Gasteiger partial charge in [-0.25, -0.2) is 9.07 Å². The molecule has 2 aromatic carbocycles. The zero-order chi connectivity index (χ0) is 24.2. The third kappa shape index (κ3) is 5.30. The predicted molar refractivity (Wildman–Crippen MR) is 136 cm³/mol. The lowest BCUT2D eigenvalue weighted by Crippen LogP contribution is -2.32. The second-order valence-electron chi connectivity index (χ2n) is 9.53. The van der Waals surface area contributed by atoms with Crippen molar-refractivity contribution < 1.29 is 9.18 Å². The Morgan fingerprint density at radius 3 is 2.79 bits per heavy atom. The number of carbonyl (C=O) groups excluding carboxylic acids is 1. The van der Waals surface area contributed by atoms with Crippen LogP contribution < -0.4 is 11.1 Å². The van der Waals surface area contributed by atoms with E-state index >= 15 is 0 Å². The van der Waals surface area contributed by atoms with Crippen LogP contribution in [-0.2, 0) is 11.3 Å². The minimum absolute atomic E-state index is 0.104. The molecule has 1 aliphatic carbocycles. The van der Waals surface area contributed by atoms with Crippen molar-refractivity contribution in [1.29, 1.82) is 0 Å². The van der Waals surface area contributed by atoms with Crippen LogP contribution in [-0.4, -0.2) is 47.3 Å². The third-order valence-corrected chi connectivity index (χ3v) is 6.72. The highest BCUT2D eigenvalue weighted by Gasteiger charge is 2.27. The number of amides is 1. The maximum absolute atomic E-state index is 14.4. The largest absolute Gasteiger partial charge is 0.367 e. The summed E-state index contributed by atoms with van der Waals surface area (Å²) >= 11 is 0. The zero-order valence-corrected chi connectivity index (χ0v) is 20.1. The first-order valence-corrected chi connectivity index (χ1v) is 12.0. The van der Waals surface area contributed by atoms with Crippen molar-refractivity contribution in [2.75, 3.05) is 26.0 Å². The maximum atomic E-state index is 14.4. The van der Waals surface area contributed by atoms with Crippen LogP contribution in [0.15, 0.2) is 54.6 Å². The van der Waals surface area contributed by atoms with Crippen LogP contribution in [0.25, 0.3) is 22.0 Å². The molecule has 3 N–H and O–H groups in total. The predicted octanol–water partition coefficient (Wildman–Crippen LogP) is 4.81. The molecule has 1 saturated carbocycles. The number of nitrogens with two attached hydrogens (primary N) is 1. The van der Waals surface area contributed by atoms with E-state index in [9.17, 15) is 9.18 Å². The molecule has 34 heavy (non-hydrogen) atoms. The van der Waals surface area contributed by atoms with Crippen molar-refractivity contribution in [3.8, 4) is 11.1 Å². The van der Waals surface area contributed by atoms with Crippen molar-refractivity contribution in [2.45, 2.75) is 44.7 Å². The number of hydrogen-bond donors (Lipinski definition) is 2. The number of aromatic nitrogens is 2. The van der Waals surface area contributed by atoms with Crippen LogP contribution in [0.5, 0.6) is 0 Å². The molecule has 180 valence electrons. The average Bonchev–Trinajstić information content (AvgIpc) is 3.15. The molecule has 0 saturated heterocycles. The van der Waals surface area contributed by atoms with Gasteiger partial charge in [0, 0.05) is 29.1 Å². The number of primary amides is 1.